The quantitative estimate of drug-likeness (QED) is 0.876. The summed E-state index contributed by atoms with van der Waals surface area (Å²) in [5.41, 5.74) is 1.87. The van der Waals surface area contributed by atoms with Crippen molar-refractivity contribution in [2.75, 3.05) is 19.7 Å². The van der Waals surface area contributed by atoms with Crippen LogP contribution in [0, 0.1) is 5.92 Å². The molecule has 1 aliphatic heterocycles. The number of carbonyl (C=O) groups excluding carboxylic acids is 1. The first-order valence-electron chi connectivity index (χ1n) is 8.06. The molecule has 3 rings (SSSR count). The molecule has 1 atom stereocenters. The highest BCUT2D eigenvalue weighted by molar-refractivity contribution is 5.97. The molecular formula is C17H24N2O2. The zero-order chi connectivity index (χ0) is 14.7. The Hall–Kier alpha value is -1.55. The molecule has 4 heteroatoms. The highest BCUT2D eigenvalue weighted by atomic mass is 16.5. The molecule has 1 saturated carbocycles. The van der Waals surface area contributed by atoms with Gasteiger partial charge in [0, 0.05) is 6.04 Å². The van der Waals surface area contributed by atoms with E-state index in [0.29, 0.717) is 30.5 Å². The number of ether oxygens (including phenoxy) is 1. The summed E-state index contributed by atoms with van der Waals surface area (Å²) in [5, 5.41) is 6.44. The number of carbonyl (C=O) groups is 1. The lowest BCUT2D eigenvalue weighted by molar-refractivity contribution is 0.0957. The van der Waals surface area contributed by atoms with Gasteiger partial charge in [0.2, 0.25) is 0 Å². The Morgan fingerprint density at radius 3 is 3.00 bits per heavy atom. The molecule has 21 heavy (non-hydrogen) atoms. The summed E-state index contributed by atoms with van der Waals surface area (Å²) in [6.45, 7) is 4.18. The maximum atomic E-state index is 12.1. The van der Waals surface area contributed by atoms with Crippen molar-refractivity contribution in [1.29, 1.82) is 0 Å². The second kappa shape index (κ2) is 6.48. The third-order valence-corrected chi connectivity index (χ3v) is 4.54. The summed E-state index contributed by atoms with van der Waals surface area (Å²) in [6.07, 6.45) is 5.21. The van der Waals surface area contributed by atoms with E-state index in [2.05, 4.69) is 23.6 Å². The van der Waals surface area contributed by atoms with Gasteiger partial charge in [-0.3, -0.25) is 4.79 Å². The van der Waals surface area contributed by atoms with Crippen molar-refractivity contribution in [3.8, 4) is 5.75 Å². The molecule has 1 unspecified atom stereocenters. The van der Waals surface area contributed by atoms with Crippen molar-refractivity contribution < 1.29 is 9.53 Å². The standard InChI is InChI=1S/C17H24N2O2/c1-2-18-15(10-12-4-3-5-12)13-6-7-16-14(11-13)17(20)19-8-9-21-16/h6-7,11-12,15,18H,2-5,8-10H2,1H3,(H,19,20). The van der Waals surface area contributed by atoms with E-state index >= 15 is 0 Å². The van der Waals surface area contributed by atoms with Crippen molar-refractivity contribution in [2.45, 2.75) is 38.6 Å². The van der Waals surface area contributed by atoms with Crippen LogP contribution in [0.3, 0.4) is 0 Å². The Kier molecular flexibility index (Phi) is 4.44. The lowest BCUT2D eigenvalue weighted by atomic mass is 9.79. The van der Waals surface area contributed by atoms with Crippen LogP contribution in [0.2, 0.25) is 0 Å². The van der Waals surface area contributed by atoms with E-state index in [1.807, 2.05) is 12.1 Å². The topological polar surface area (TPSA) is 50.4 Å². The smallest absolute Gasteiger partial charge is 0.255 e. The number of benzene rings is 1. The van der Waals surface area contributed by atoms with E-state index in [0.717, 1.165) is 18.9 Å². The van der Waals surface area contributed by atoms with Crippen LogP contribution in [0.4, 0.5) is 0 Å². The first-order valence-corrected chi connectivity index (χ1v) is 8.06. The van der Waals surface area contributed by atoms with Gasteiger partial charge in [-0.25, -0.2) is 0 Å². The number of fused-ring (bicyclic) bond motifs is 1. The molecule has 4 nitrogen and oxygen atoms in total. The molecule has 1 fully saturated rings. The number of nitrogens with one attached hydrogen (secondary N) is 2. The molecule has 0 spiro atoms. The minimum Gasteiger partial charge on any atom is -0.491 e. The molecular weight excluding hydrogens is 264 g/mol. The van der Waals surface area contributed by atoms with Gasteiger partial charge in [-0.2, -0.15) is 0 Å². The number of hydrogen-bond acceptors (Lipinski definition) is 3. The van der Waals surface area contributed by atoms with Gasteiger partial charge < -0.3 is 15.4 Å². The Morgan fingerprint density at radius 2 is 2.29 bits per heavy atom. The summed E-state index contributed by atoms with van der Waals surface area (Å²) < 4.78 is 5.62. The van der Waals surface area contributed by atoms with Crippen LogP contribution in [0.15, 0.2) is 18.2 Å². The highest BCUT2D eigenvalue weighted by Crippen LogP contribution is 2.35. The zero-order valence-corrected chi connectivity index (χ0v) is 12.7. The van der Waals surface area contributed by atoms with Gasteiger partial charge in [-0.15, -0.1) is 0 Å². The number of hydrogen-bond donors (Lipinski definition) is 2. The second-order valence-electron chi connectivity index (χ2n) is 6.00. The monoisotopic (exact) mass is 288 g/mol. The Labute approximate surface area is 126 Å². The third-order valence-electron chi connectivity index (χ3n) is 4.54. The lowest BCUT2D eigenvalue weighted by Gasteiger charge is -2.30. The number of amides is 1. The molecule has 0 radical (unpaired) electrons. The van der Waals surface area contributed by atoms with Crippen LogP contribution in [-0.2, 0) is 0 Å². The largest absolute Gasteiger partial charge is 0.491 e. The molecule has 1 aliphatic carbocycles. The van der Waals surface area contributed by atoms with Gasteiger partial charge in [-0.1, -0.05) is 32.3 Å². The third kappa shape index (κ3) is 3.21. The fourth-order valence-electron chi connectivity index (χ4n) is 3.13. The highest BCUT2D eigenvalue weighted by Gasteiger charge is 2.24. The predicted octanol–water partition coefficient (Wildman–Crippen LogP) is 2.65. The predicted molar refractivity (Wildman–Crippen MR) is 82.6 cm³/mol. The second-order valence-corrected chi connectivity index (χ2v) is 6.00. The molecule has 1 aromatic rings. The van der Waals surface area contributed by atoms with Gasteiger partial charge in [-0.05, 0) is 36.6 Å². The lowest BCUT2D eigenvalue weighted by Crippen LogP contribution is -2.27. The van der Waals surface area contributed by atoms with E-state index in [1.54, 1.807) is 0 Å². The first kappa shape index (κ1) is 14.4. The summed E-state index contributed by atoms with van der Waals surface area (Å²) >= 11 is 0. The molecule has 2 N–H and O–H groups in total. The van der Waals surface area contributed by atoms with Crippen LogP contribution in [0.5, 0.6) is 5.75 Å². The molecule has 1 aromatic carbocycles. The normalized spacial score (nSPS) is 19.8. The summed E-state index contributed by atoms with van der Waals surface area (Å²) in [4.78, 5) is 12.1. The van der Waals surface area contributed by atoms with Gasteiger partial charge >= 0.3 is 0 Å². The van der Waals surface area contributed by atoms with E-state index in [1.165, 1.54) is 24.8 Å². The Bertz CT molecular complexity index is 512. The van der Waals surface area contributed by atoms with Gasteiger partial charge in [0.1, 0.15) is 12.4 Å². The van der Waals surface area contributed by atoms with Gasteiger partial charge in [0.25, 0.3) is 5.91 Å². The molecule has 0 aromatic heterocycles. The summed E-state index contributed by atoms with van der Waals surface area (Å²) in [6, 6.07) is 6.38. The van der Waals surface area contributed by atoms with Gasteiger partial charge in [0.05, 0.1) is 12.1 Å². The fourth-order valence-corrected chi connectivity index (χ4v) is 3.13. The van der Waals surface area contributed by atoms with E-state index in [-0.39, 0.29) is 5.91 Å². The van der Waals surface area contributed by atoms with Crippen molar-refractivity contribution in [1.82, 2.24) is 10.6 Å². The zero-order valence-electron chi connectivity index (χ0n) is 12.7. The van der Waals surface area contributed by atoms with Crippen molar-refractivity contribution >= 4 is 5.91 Å². The van der Waals surface area contributed by atoms with Crippen LogP contribution in [0.1, 0.15) is 54.6 Å². The summed E-state index contributed by atoms with van der Waals surface area (Å²) in [7, 11) is 0. The van der Waals surface area contributed by atoms with E-state index in [9.17, 15) is 4.79 Å². The molecule has 0 bridgehead atoms. The van der Waals surface area contributed by atoms with E-state index < -0.39 is 0 Å². The van der Waals surface area contributed by atoms with Crippen LogP contribution < -0.4 is 15.4 Å². The maximum Gasteiger partial charge on any atom is 0.255 e. The van der Waals surface area contributed by atoms with Gasteiger partial charge in [0.15, 0.2) is 0 Å². The van der Waals surface area contributed by atoms with Crippen LogP contribution in [0.25, 0.3) is 0 Å². The van der Waals surface area contributed by atoms with Crippen molar-refractivity contribution in [3.05, 3.63) is 29.3 Å². The minimum atomic E-state index is -0.0248. The van der Waals surface area contributed by atoms with Crippen molar-refractivity contribution in [3.63, 3.8) is 0 Å². The average molecular weight is 288 g/mol. The Balaban J connectivity index is 1.83. The molecule has 2 aliphatic rings. The fraction of sp³-hybridized carbons (Fsp3) is 0.588. The molecule has 114 valence electrons. The van der Waals surface area contributed by atoms with Crippen molar-refractivity contribution in [2.24, 2.45) is 5.92 Å². The number of rotatable bonds is 5. The summed E-state index contributed by atoms with van der Waals surface area (Å²) in [5.74, 6) is 1.51. The molecule has 0 saturated heterocycles. The average Bonchev–Trinajstić information content (AvgIpc) is 2.63. The van der Waals surface area contributed by atoms with Crippen LogP contribution in [-0.4, -0.2) is 25.6 Å². The Morgan fingerprint density at radius 1 is 1.43 bits per heavy atom. The minimum absolute atomic E-state index is 0.0248. The SMILES string of the molecule is CCNC(CC1CCC1)c1ccc2c(c1)C(=O)NCCO2. The maximum absolute atomic E-state index is 12.1. The molecule has 1 amide bonds. The van der Waals surface area contributed by atoms with Crippen LogP contribution >= 0.6 is 0 Å². The van der Waals surface area contributed by atoms with E-state index in [4.69, 9.17) is 4.74 Å². The molecule has 1 heterocycles. The first-order chi connectivity index (χ1) is 10.3.